The summed E-state index contributed by atoms with van der Waals surface area (Å²) in [6, 6.07) is 13.1. The maximum absolute atomic E-state index is 12.0. The fourth-order valence-electron chi connectivity index (χ4n) is 2.60. The third-order valence-electron chi connectivity index (χ3n) is 4.00. The number of hydrogen-bond donors (Lipinski definition) is 3. The highest BCUT2D eigenvalue weighted by Crippen LogP contribution is 2.18. The van der Waals surface area contributed by atoms with Crippen molar-refractivity contribution in [2.75, 3.05) is 13.1 Å². The summed E-state index contributed by atoms with van der Waals surface area (Å²) in [7, 11) is 0. The number of carbonyl (C=O) groups excluding carboxylic acids is 2. The van der Waals surface area contributed by atoms with Crippen LogP contribution in [0, 0.1) is 5.92 Å². The van der Waals surface area contributed by atoms with E-state index < -0.39 is 42.8 Å². The van der Waals surface area contributed by atoms with Gasteiger partial charge in [0.15, 0.2) is 0 Å². The minimum Gasteiger partial charge on any atom is -0.481 e. The Morgan fingerprint density at radius 1 is 0.964 bits per heavy atom. The summed E-state index contributed by atoms with van der Waals surface area (Å²) in [6.07, 6.45) is -5.22. The molecule has 3 N–H and O–H groups in total. The Morgan fingerprint density at radius 2 is 1.61 bits per heavy atom. The lowest BCUT2D eigenvalue weighted by Gasteiger charge is -2.14. The van der Waals surface area contributed by atoms with Gasteiger partial charge in [-0.05, 0) is 22.8 Å². The Labute approximate surface area is 158 Å². The lowest BCUT2D eigenvalue weighted by molar-refractivity contribution is -0.142. The van der Waals surface area contributed by atoms with Gasteiger partial charge in [0.2, 0.25) is 11.8 Å². The molecule has 150 valence electrons. The average molecular weight is 396 g/mol. The van der Waals surface area contributed by atoms with E-state index in [2.05, 4.69) is 5.32 Å². The first-order chi connectivity index (χ1) is 13.1. The van der Waals surface area contributed by atoms with E-state index in [-0.39, 0.29) is 13.0 Å². The van der Waals surface area contributed by atoms with Gasteiger partial charge in [-0.25, -0.2) is 0 Å². The van der Waals surface area contributed by atoms with Crippen molar-refractivity contribution in [2.45, 2.75) is 19.0 Å². The zero-order chi connectivity index (χ0) is 20.7. The Balaban J connectivity index is 1.89. The van der Waals surface area contributed by atoms with Gasteiger partial charge in [-0.3, -0.25) is 14.4 Å². The van der Waals surface area contributed by atoms with Crippen molar-refractivity contribution in [2.24, 2.45) is 5.92 Å². The van der Waals surface area contributed by atoms with E-state index in [0.29, 0.717) is 0 Å². The van der Waals surface area contributed by atoms with Gasteiger partial charge in [-0.15, -0.1) is 0 Å². The number of carbonyl (C=O) groups is 3. The Morgan fingerprint density at radius 3 is 2.25 bits per heavy atom. The van der Waals surface area contributed by atoms with Gasteiger partial charge in [0.1, 0.15) is 13.0 Å². The quantitative estimate of drug-likeness (QED) is 0.597. The number of amides is 2. The standard InChI is InChI=1S/C19H19F3N2O4/c20-19(21,22)11-24-17(26)9-16(25)23-10-15(18(27)28)8-12-5-6-13-3-1-2-4-14(13)7-12/h1-7,15H,8-11H2,(H,23,25)(H,24,26)(H,27,28). The van der Waals surface area contributed by atoms with Gasteiger partial charge < -0.3 is 15.7 Å². The Bertz CT molecular complexity index is 868. The average Bonchev–Trinajstić information content (AvgIpc) is 2.62. The maximum atomic E-state index is 12.0. The smallest absolute Gasteiger partial charge is 0.405 e. The number of aliphatic carboxylic acids is 1. The van der Waals surface area contributed by atoms with Crippen LogP contribution >= 0.6 is 0 Å². The molecule has 0 heterocycles. The predicted molar refractivity (Wildman–Crippen MR) is 95.5 cm³/mol. The number of fused-ring (bicyclic) bond motifs is 1. The molecule has 0 aliphatic rings. The molecule has 2 amide bonds. The summed E-state index contributed by atoms with van der Waals surface area (Å²) in [6.45, 7) is -1.77. The van der Waals surface area contributed by atoms with Crippen LogP contribution in [-0.2, 0) is 20.8 Å². The summed E-state index contributed by atoms with van der Waals surface area (Å²) in [5, 5.41) is 15.2. The second-order valence-electron chi connectivity index (χ2n) is 6.29. The first-order valence-corrected chi connectivity index (χ1v) is 8.44. The van der Waals surface area contributed by atoms with E-state index in [0.717, 1.165) is 16.3 Å². The molecular weight excluding hydrogens is 377 g/mol. The molecule has 2 aromatic carbocycles. The molecule has 1 unspecified atom stereocenters. The summed E-state index contributed by atoms with van der Waals surface area (Å²) in [5.74, 6) is -4.00. The number of alkyl halides is 3. The molecule has 0 radical (unpaired) electrons. The maximum Gasteiger partial charge on any atom is 0.405 e. The normalized spacial score (nSPS) is 12.4. The van der Waals surface area contributed by atoms with Crippen molar-refractivity contribution in [1.82, 2.24) is 10.6 Å². The number of nitrogens with one attached hydrogen (secondary N) is 2. The molecule has 0 aliphatic carbocycles. The monoisotopic (exact) mass is 396 g/mol. The van der Waals surface area contributed by atoms with Crippen molar-refractivity contribution in [3.05, 3.63) is 48.0 Å². The molecule has 0 bridgehead atoms. The van der Waals surface area contributed by atoms with Gasteiger partial charge >= 0.3 is 12.1 Å². The van der Waals surface area contributed by atoms with Crippen LogP contribution in [0.3, 0.4) is 0 Å². The number of carboxylic acid groups (broad SMARTS) is 1. The van der Waals surface area contributed by atoms with Gasteiger partial charge in [0.05, 0.1) is 5.92 Å². The van der Waals surface area contributed by atoms with Crippen molar-refractivity contribution in [3.8, 4) is 0 Å². The highest BCUT2D eigenvalue weighted by atomic mass is 19.4. The first-order valence-electron chi connectivity index (χ1n) is 8.44. The second-order valence-corrected chi connectivity index (χ2v) is 6.29. The highest BCUT2D eigenvalue weighted by Gasteiger charge is 2.28. The van der Waals surface area contributed by atoms with Crippen LogP contribution in [0.25, 0.3) is 10.8 Å². The minimum atomic E-state index is -4.57. The Hall–Kier alpha value is -3.10. The summed E-state index contributed by atoms with van der Waals surface area (Å²) >= 11 is 0. The molecule has 2 aromatic rings. The molecule has 9 heteroatoms. The van der Waals surface area contributed by atoms with E-state index in [1.165, 1.54) is 0 Å². The van der Waals surface area contributed by atoms with E-state index in [1.54, 1.807) is 11.4 Å². The molecule has 0 fully saturated rings. The van der Waals surface area contributed by atoms with Crippen molar-refractivity contribution in [1.29, 1.82) is 0 Å². The molecule has 6 nitrogen and oxygen atoms in total. The van der Waals surface area contributed by atoms with Gasteiger partial charge in [0.25, 0.3) is 0 Å². The van der Waals surface area contributed by atoms with Crippen LogP contribution in [0.4, 0.5) is 13.2 Å². The predicted octanol–water partition coefficient (Wildman–Crippen LogP) is 2.27. The zero-order valence-electron chi connectivity index (χ0n) is 14.8. The van der Waals surface area contributed by atoms with Crippen LogP contribution in [0.5, 0.6) is 0 Å². The van der Waals surface area contributed by atoms with Gasteiger partial charge in [0, 0.05) is 6.54 Å². The van der Waals surface area contributed by atoms with Crippen LogP contribution in [0.15, 0.2) is 42.5 Å². The van der Waals surface area contributed by atoms with Crippen LogP contribution < -0.4 is 10.6 Å². The zero-order valence-corrected chi connectivity index (χ0v) is 14.8. The molecule has 28 heavy (non-hydrogen) atoms. The molecule has 0 spiro atoms. The highest BCUT2D eigenvalue weighted by molar-refractivity contribution is 5.97. The molecule has 1 atom stereocenters. The van der Waals surface area contributed by atoms with Crippen LogP contribution in [0.2, 0.25) is 0 Å². The molecule has 0 aliphatic heterocycles. The fraction of sp³-hybridized carbons (Fsp3) is 0.316. The summed E-state index contributed by atoms with van der Waals surface area (Å²) in [5.41, 5.74) is 0.767. The number of benzene rings is 2. The van der Waals surface area contributed by atoms with Gasteiger partial charge in [-0.2, -0.15) is 13.2 Å². The SMILES string of the molecule is O=C(CC(=O)NCC(F)(F)F)NCC(Cc1ccc2ccccc2c1)C(=O)O. The Kier molecular flexibility index (Phi) is 6.97. The minimum absolute atomic E-state index is 0.153. The van der Waals surface area contributed by atoms with E-state index in [1.807, 2.05) is 36.4 Å². The molecular formula is C19H19F3N2O4. The van der Waals surface area contributed by atoms with Crippen molar-refractivity contribution < 1.29 is 32.7 Å². The topological polar surface area (TPSA) is 95.5 Å². The third-order valence-corrected chi connectivity index (χ3v) is 4.00. The van der Waals surface area contributed by atoms with Crippen molar-refractivity contribution >= 4 is 28.6 Å². The first kappa shape index (κ1) is 21.2. The molecule has 0 saturated heterocycles. The summed E-state index contributed by atoms with van der Waals surface area (Å²) < 4.78 is 36.1. The molecule has 0 saturated carbocycles. The lowest BCUT2D eigenvalue weighted by Crippen LogP contribution is -2.39. The second kappa shape index (κ2) is 9.20. The number of hydrogen-bond acceptors (Lipinski definition) is 3. The van der Waals surface area contributed by atoms with Gasteiger partial charge in [-0.1, -0.05) is 42.5 Å². The number of rotatable bonds is 8. The third kappa shape index (κ3) is 6.90. The number of carboxylic acids is 1. The summed E-state index contributed by atoms with van der Waals surface area (Å²) in [4.78, 5) is 34.5. The largest absolute Gasteiger partial charge is 0.481 e. The van der Waals surface area contributed by atoms with E-state index in [9.17, 15) is 32.7 Å². The van der Waals surface area contributed by atoms with Crippen LogP contribution in [0.1, 0.15) is 12.0 Å². The van der Waals surface area contributed by atoms with Crippen LogP contribution in [-0.4, -0.2) is 42.2 Å². The van der Waals surface area contributed by atoms with E-state index in [4.69, 9.17) is 0 Å². The van der Waals surface area contributed by atoms with E-state index >= 15 is 0 Å². The fourth-order valence-corrected chi connectivity index (χ4v) is 2.60. The molecule has 0 aromatic heterocycles. The lowest BCUT2D eigenvalue weighted by atomic mass is 9.97. The number of halogens is 3. The molecule has 2 rings (SSSR count). The van der Waals surface area contributed by atoms with Crippen molar-refractivity contribution in [3.63, 3.8) is 0 Å².